The van der Waals surface area contributed by atoms with E-state index in [2.05, 4.69) is 5.32 Å². The first-order valence-corrected chi connectivity index (χ1v) is 5.52. The normalized spacial score (nSPS) is 9.76. The number of anilines is 1. The van der Waals surface area contributed by atoms with Crippen LogP contribution in [0.15, 0.2) is 24.3 Å². The Balaban J connectivity index is 2.72. The Morgan fingerprint density at radius 1 is 1.41 bits per heavy atom. The molecule has 5 heteroatoms. The zero-order valence-electron chi connectivity index (χ0n) is 10.2. The summed E-state index contributed by atoms with van der Waals surface area (Å²) in [6, 6.07) is 6.84. The van der Waals surface area contributed by atoms with Crippen molar-refractivity contribution in [1.82, 2.24) is 5.32 Å². The highest BCUT2D eigenvalue weighted by atomic mass is 16.2. The first kappa shape index (κ1) is 13.0. The number of amidine groups is 1. The first-order chi connectivity index (χ1) is 8.06. The monoisotopic (exact) mass is 234 g/mol. The third-order valence-corrected chi connectivity index (χ3v) is 2.40. The number of nitrogens with zero attached hydrogens (tertiary/aromatic N) is 1. The number of amides is 2. The van der Waals surface area contributed by atoms with Crippen LogP contribution < -0.4 is 16.0 Å². The fourth-order valence-electron chi connectivity index (χ4n) is 1.33. The zero-order valence-corrected chi connectivity index (χ0v) is 10.2. The van der Waals surface area contributed by atoms with Crippen molar-refractivity contribution >= 4 is 17.6 Å². The van der Waals surface area contributed by atoms with E-state index in [1.807, 2.05) is 6.92 Å². The lowest BCUT2D eigenvalue weighted by atomic mass is 10.2. The number of nitrogen functional groups attached to an aromatic ring is 1. The standard InChI is InChI=1S/C12H18N4O/c1-3-8-15-12(17)16(2)10-6-4-9(5-7-10)11(13)14/h4-7H,3,8H2,1-2H3,(H3,13,14)(H,15,17). The Hall–Kier alpha value is -2.04. The molecule has 0 bridgehead atoms. The van der Waals surface area contributed by atoms with Gasteiger partial charge in [-0.15, -0.1) is 0 Å². The van der Waals surface area contributed by atoms with Gasteiger partial charge in [0, 0.05) is 24.8 Å². The summed E-state index contributed by atoms with van der Waals surface area (Å²) < 4.78 is 0. The number of hydrogen-bond donors (Lipinski definition) is 3. The molecule has 0 aliphatic carbocycles. The van der Waals surface area contributed by atoms with Crippen LogP contribution in [0.3, 0.4) is 0 Å². The molecule has 0 fully saturated rings. The summed E-state index contributed by atoms with van der Waals surface area (Å²) in [6.07, 6.45) is 0.906. The van der Waals surface area contributed by atoms with Gasteiger partial charge < -0.3 is 11.1 Å². The van der Waals surface area contributed by atoms with Gasteiger partial charge in [0.25, 0.3) is 0 Å². The van der Waals surface area contributed by atoms with Crippen LogP contribution in [0.1, 0.15) is 18.9 Å². The van der Waals surface area contributed by atoms with E-state index in [1.165, 1.54) is 4.90 Å². The molecule has 1 aromatic rings. The van der Waals surface area contributed by atoms with Crippen molar-refractivity contribution in [3.05, 3.63) is 29.8 Å². The van der Waals surface area contributed by atoms with Gasteiger partial charge in [-0.1, -0.05) is 6.92 Å². The van der Waals surface area contributed by atoms with E-state index in [0.29, 0.717) is 12.1 Å². The molecule has 0 saturated heterocycles. The molecule has 0 saturated carbocycles. The van der Waals surface area contributed by atoms with Crippen LogP contribution in [0.25, 0.3) is 0 Å². The second-order valence-electron chi connectivity index (χ2n) is 3.75. The molecule has 2 amide bonds. The van der Waals surface area contributed by atoms with Gasteiger partial charge >= 0.3 is 6.03 Å². The molecule has 0 unspecified atom stereocenters. The van der Waals surface area contributed by atoms with Gasteiger partial charge in [0.05, 0.1) is 0 Å². The average molecular weight is 234 g/mol. The van der Waals surface area contributed by atoms with Crippen LogP contribution in [0.5, 0.6) is 0 Å². The molecule has 0 aromatic heterocycles. The second-order valence-corrected chi connectivity index (χ2v) is 3.75. The highest BCUT2D eigenvalue weighted by molar-refractivity contribution is 5.96. The van der Waals surface area contributed by atoms with Crippen molar-refractivity contribution in [1.29, 1.82) is 5.41 Å². The number of urea groups is 1. The fourth-order valence-corrected chi connectivity index (χ4v) is 1.33. The summed E-state index contributed by atoms with van der Waals surface area (Å²) in [6.45, 7) is 2.66. The molecule has 1 aromatic carbocycles. The third kappa shape index (κ3) is 3.48. The Morgan fingerprint density at radius 2 is 2.00 bits per heavy atom. The van der Waals surface area contributed by atoms with Gasteiger partial charge in [0.15, 0.2) is 0 Å². The molecule has 0 radical (unpaired) electrons. The minimum absolute atomic E-state index is 0.0228. The van der Waals surface area contributed by atoms with Crippen LogP contribution in [0, 0.1) is 5.41 Å². The second kappa shape index (κ2) is 5.89. The summed E-state index contributed by atoms with van der Waals surface area (Å²) in [5, 5.41) is 10.1. The predicted molar refractivity (Wildman–Crippen MR) is 69.6 cm³/mol. The van der Waals surface area contributed by atoms with Gasteiger partial charge in [-0.3, -0.25) is 10.3 Å². The van der Waals surface area contributed by atoms with Crippen LogP contribution in [0.2, 0.25) is 0 Å². The molecule has 0 spiro atoms. The van der Waals surface area contributed by atoms with Gasteiger partial charge in [0.1, 0.15) is 5.84 Å². The Kier molecular flexibility index (Phi) is 4.51. The first-order valence-electron chi connectivity index (χ1n) is 5.52. The zero-order chi connectivity index (χ0) is 12.8. The number of hydrogen-bond acceptors (Lipinski definition) is 2. The lowest BCUT2D eigenvalue weighted by molar-refractivity contribution is 0.247. The molecule has 0 atom stereocenters. The lowest BCUT2D eigenvalue weighted by Gasteiger charge is -2.18. The van der Waals surface area contributed by atoms with E-state index in [9.17, 15) is 4.79 Å². The van der Waals surface area contributed by atoms with Crippen LogP contribution in [-0.2, 0) is 0 Å². The van der Waals surface area contributed by atoms with Gasteiger partial charge in [0.2, 0.25) is 0 Å². The summed E-state index contributed by atoms with van der Waals surface area (Å²) in [5.74, 6) is 0.0228. The molecule has 0 aliphatic rings. The fraction of sp³-hybridized carbons (Fsp3) is 0.333. The number of nitrogens with two attached hydrogens (primary N) is 1. The molecule has 92 valence electrons. The number of carbonyl (C=O) groups excluding carboxylic acids is 1. The SMILES string of the molecule is CCCNC(=O)N(C)c1ccc(C(=N)N)cc1. The third-order valence-electron chi connectivity index (χ3n) is 2.40. The summed E-state index contributed by atoms with van der Waals surface area (Å²) in [7, 11) is 1.70. The summed E-state index contributed by atoms with van der Waals surface area (Å²) in [5.41, 5.74) is 6.77. The topological polar surface area (TPSA) is 82.2 Å². The van der Waals surface area contributed by atoms with Crippen molar-refractivity contribution < 1.29 is 4.79 Å². The summed E-state index contributed by atoms with van der Waals surface area (Å²) >= 11 is 0. The van der Waals surface area contributed by atoms with Gasteiger partial charge in [-0.2, -0.15) is 0 Å². The van der Waals surface area contributed by atoms with Crippen molar-refractivity contribution in [3.63, 3.8) is 0 Å². The molecule has 0 heterocycles. The molecule has 4 N–H and O–H groups in total. The molecular formula is C12H18N4O. The Morgan fingerprint density at radius 3 is 2.47 bits per heavy atom. The summed E-state index contributed by atoms with van der Waals surface area (Å²) in [4.78, 5) is 13.2. The number of carbonyl (C=O) groups is 1. The molecule has 5 nitrogen and oxygen atoms in total. The Bertz CT molecular complexity index is 399. The maximum Gasteiger partial charge on any atom is 0.321 e. The van der Waals surface area contributed by atoms with Crippen LogP contribution in [-0.4, -0.2) is 25.5 Å². The van der Waals surface area contributed by atoms with Gasteiger partial charge in [-0.25, -0.2) is 4.79 Å². The van der Waals surface area contributed by atoms with Crippen molar-refractivity contribution in [2.45, 2.75) is 13.3 Å². The highest BCUT2D eigenvalue weighted by Crippen LogP contribution is 2.13. The van der Waals surface area contributed by atoms with Gasteiger partial charge in [-0.05, 0) is 30.7 Å². The van der Waals surface area contributed by atoms with Crippen LogP contribution >= 0.6 is 0 Å². The molecule has 17 heavy (non-hydrogen) atoms. The number of benzene rings is 1. The number of rotatable bonds is 4. The van der Waals surface area contributed by atoms with E-state index >= 15 is 0 Å². The minimum Gasteiger partial charge on any atom is -0.384 e. The van der Waals surface area contributed by atoms with E-state index in [-0.39, 0.29) is 11.9 Å². The highest BCUT2D eigenvalue weighted by Gasteiger charge is 2.09. The maximum atomic E-state index is 11.7. The van der Waals surface area contributed by atoms with Crippen molar-refractivity contribution in [2.24, 2.45) is 5.73 Å². The smallest absolute Gasteiger partial charge is 0.321 e. The molecular weight excluding hydrogens is 216 g/mol. The quantitative estimate of drug-likeness (QED) is 0.545. The number of nitrogens with one attached hydrogen (secondary N) is 2. The van der Waals surface area contributed by atoms with Crippen molar-refractivity contribution in [2.75, 3.05) is 18.5 Å². The lowest BCUT2D eigenvalue weighted by Crippen LogP contribution is -2.37. The minimum atomic E-state index is -0.137. The van der Waals surface area contributed by atoms with E-state index in [4.69, 9.17) is 11.1 Å². The predicted octanol–water partition coefficient (Wildman–Crippen LogP) is 1.53. The van der Waals surface area contributed by atoms with Crippen molar-refractivity contribution in [3.8, 4) is 0 Å². The van der Waals surface area contributed by atoms with E-state index in [1.54, 1.807) is 31.3 Å². The molecule has 1 rings (SSSR count). The van der Waals surface area contributed by atoms with E-state index in [0.717, 1.165) is 12.1 Å². The Labute approximate surface area is 101 Å². The molecule has 0 aliphatic heterocycles. The maximum absolute atomic E-state index is 11.7. The van der Waals surface area contributed by atoms with Crippen LogP contribution in [0.4, 0.5) is 10.5 Å². The largest absolute Gasteiger partial charge is 0.384 e. The average Bonchev–Trinajstić information content (AvgIpc) is 2.35. The van der Waals surface area contributed by atoms with E-state index < -0.39 is 0 Å².